The first-order valence-corrected chi connectivity index (χ1v) is 9.21. The molecule has 19 heavy (non-hydrogen) atoms. The highest BCUT2D eigenvalue weighted by Crippen LogP contribution is 2.29. The molecule has 4 nitrogen and oxygen atoms in total. The van der Waals surface area contributed by atoms with Gasteiger partial charge >= 0.3 is 0 Å². The summed E-state index contributed by atoms with van der Waals surface area (Å²) in [5.74, 6) is 3.07. The Balaban J connectivity index is 2.13. The van der Waals surface area contributed by atoms with Gasteiger partial charge in [-0.2, -0.15) is 11.8 Å². The molecule has 1 saturated heterocycles. The van der Waals surface area contributed by atoms with Crippen molar-refractivity contribution < 1.29 is 13.5 Å². The Hall–Kier alpha value is -0.880. The van der Waals surface area contributed by atoms with E-state index in [4.69, 9.17) is 0 Å². The van der Waals surface area contributed by atoms with Crippen LogP contribution in [0.25, 0.3) is 0 Å². The molecule has 0 aromatic heterocycles. The van der Waals surface area contributed by atoms with E-state index in [1.165, 1.54) is 30.4 Å². The Labute approximate surface area is 118 Å². The lowest BCUT2D eigenvalue weighted by molar-refractivity contribution is 0.476. The van der Waals surface area contributed by atoms with Crippen LogP contribution in [-0.2, 0) is 9.84 Å². The maximum atomic E-state index is 11.8. The van der Waals surface area contributed by atoms with Gasteiger partial charge in [-0.1, -0.05) is 6.92 Å². The predicted molar refractivity (Wildman–Crippen MR) is 79.8 cm³/mol. The van der Waals surface area contributed by atoms with Crippen LogP contribution in [0.3, 0.4) is 0 Å². The van der Waals surface area contributed by atoms with E-state index < -0.39 is 9.84 Å². The van der Waals surface area contributed by atoms with E-state index in [0.717, 1.165) is 12.3 Å². The highest BCUT2D eigenvalue weighted by atomic mass is 32.2. The van der Waals surface area contributed by atoms with Crippen molar-refractivity contribution >= 4 is 27.3 Å². The Kier molecular flexibility index (Phi) is 4.62. The van der Waals surface area contributed by atoms with E-state index in [1.807, 2.05) is 11.8 Å². The molecule has 1 aromatic carbocycles. The lowest BCUT2D eigenvalue weighted by atomic mass is 10.1. The Bertz CT molecular complexity index is 537. The zero-order chi connectivity index (χ0) is 13.9. The van der Waals surface area contributed by atoms with Crippen molar-refractivity contribution in [2.24, 2.45) is 5.92 Å². The first-order chi connectivity index (χ1) is 9.03. The van der Waals surface area contributed by atoms with Crippen LogP contribution < -0.4 is 5.32 Å². The highest BCUT2D eigenvalue weighted by Gasteiger charge is 2.17. The summed E-state index contributed by atoms with van der Waals surface area (Å²) in [6.45, 7) is 2.39. The number of rotatable bonds is 5. The predicted octanol–water partition coefficient (Wildman–Crippen LogP) is 2.35. The number of nitrogens with one attached hydrogen (secondary N) is 1. The van der Waals surface area contributed by atoms with Gasteiger partial charge in [-0.3, -0.25) is 0 Å². The number of hydrogen-bond donors (Lipinski definition) is 2. The van der Waals surface area contributed by atoms with Gasteiger partial charge in [0.05, 0.1) is 16.3 Å². The number of hydrogen-bond acceptors (Lipinski definition) is 5. The van der Waals surface area contributed by atoms with E-state index in [2.05, 4.69) is 5.32 Å². The summed E-state index contributed by atoms with van der Waals surface area (Å²) >= 11 is 1.93. The highest BCUT2D eigenvalue weighted by molar-refractivity contribution is 7.99. The van der Waals surface area contributed by atoms with Crippen LogP contribution in [0.4, 0.5) is 5.69 Å². The SMILES string of the molecule is CCS(=O)(=O)c1ccc(O)c(NCC2CCSC2)c1. The molecular weight excluding hydrogens is 282 g/mol. The maximum Gasteiger partial charge on any atom is 0.178 e. The Morgan fingerprint density at radius 2 is 2.26 bits per heavy atom. The molecule has 0 saturated carbocycles. The molecule has 2 rings (SSSR count). The van der Waals surface area contributed by atoms with E-state index in [1.54, 1.807) is 6.92 Å². The van der Waals surface area contributed by atoms with E-state index in [9.17, 15) is 13.5 Å². The summed E-state index contributed by atoms with van der Waals surface area (Å²) in [5, 5.41) is 12.9. The molecule has 0 amide bonds. The standard InChI is InChI=1S/C13H19NO3S2/c1-2-19(16,17)11-3-4-13(15)12(7-11)14-8-10-5-6-18-9-10/h3-4,7,10,14-15H,2,5-6,8-9H2,1H3. The molecule has 1 heterocycles. The van der Waals surface area contributed by atoms with Crippen LogP contribution in [0.15, 0.2) is 23.1 Å². The topological polar surface area (TPSA) is 66.4 Å². The van der Waals surface area contributed by atoms with E-state index in [0.29, 0.717) is 11.6 Å². The fourth-order valence-corrected chi connectivity index (χ4v) is 4.21. The monoisotopic (exact) mass is 301 g/mol. The maximum absolute atomic E-state index is 11.8. The molecule has 1 fully saturated rings. The summed E-state index contributed by atoms with van der Waals surface area (Å²) in [7, 11) is -3.23. The van der Waals surface area contributed by atoms with E-state index in [-0.39, 0.29) is 16.4 Å². The van der Waals surface area contributed by atoms with Gasteiger partial charge in [-0.05, 0) is 42.0 Å². The molecule has 106 valence electrons. The number of thioether (sulfide) groups is 1. The molecule has 1 aliphatic rings. The van der Waals surface area contributed by atoms with Crippen molar-refractivity contribution in [3.05, 3.63) is 18.2 Å². The van der Waals surface area contributed by atoms with Gasteiger partial charge in [-0.25, -0.2) is 8.42 Å². The second kappa shape index (κ2) is 6.05. The average Bonchev–Trinajstić information content (AvgIpc) is 2.90. The van der Waals surface area contributed by atoms with Gasteiger partial charge in [0, 0.05) is 6.54 Å². The zero-order valence-corrected chi connectivity index (χ0v) is 12.6. The number of phenolic OH excluding ortho intramolecular Hbond substituents is 1. The van der Waals surface area contributed by atoms with Crippen LogP contribution in [0.2, 0.25) is 0 Å². The minimum absolute atomic E-state index is 0.0660. The van der Waals surface area contributed by atoms with Crippen LogP contribution in [-0.4, -0.2) is 37.3 Å². The first-order valence-electron chi connectivity index (χ1n) is 6.40. The molecule has 1 atom stereocenters. The van der Waals surface area contributed by atoms with Gasteiger partial charge in [-0.15, -0.1) is 0 Å². The van der Waals surface area contributed by atoms with Gasteiger partial charge in [0.25, 0.3) is 0 Å². The normalized spacial score (nSPS) is 19.5. The fraction of sp³-hybridized carbons (Fsp3) is 0.538. The zero-order valence-electron chi connectivity index (χ0n) is 10.9. The summed E-state index contributed by atoms with van der Waals surface area (Å²) in [6.07, 6.45) is 1.17. The summed E-state index contributed by atoms with van der Waals surface area (Å²) in [5.41, 5.74) is 0.506. The van der Waals surface area contributed by atoms with Gasteiger partial charge in [0.2, 0.25) is 0 Å². The lowest BCUT2D eigenvalue weighted by Gasteiger charge is -2.13. The summed E-state index contributed by atoms with van der Waals surface area (Å²) in [4.78, 5) is 0.260. The van der Waals surface area contributed by atoms with Crippen LogP contribution in [0.1, 0.15) is 13.3 Å². The second-order valence-corrected chi connectivity index (χ2v) is 8.12. The van der Waals surface area contributed by atoms with Crippen molar-refractivity contribution in [3.63, 3.8) is 0 Å². The molecule has 1 unspecified atom stereocenters. The number of sulfone groups is 1. The van der Waals surface area contributed by atoms with Crippen molar-refractivity contribution in [3.8, 4) is 5.75 Å². The number of benzene rings is 1. The molecule has 0 radical (unpaired) electrons. The fourth-order valence-electron chi connectivity index (χ4n) is 2.02. The van der Waals surface area contributed by atoms with Crippen molar-refractivity contribution in [2.45, 2.75) is 18.2 Å². The smallest absolute Gasteiger partial charge is 0.178 e. The third kappa shape index (κ3) is 3.57. The van der Waals surface area contributed by atoms with E-state index >= 15 is 0 Å². The number of anilines is 1. The summed E-state index contributed by atoms with van der Waals surface area (Å²) in [6, 6.07) is 4.41. The molecule has 0 bridgehead atoms. The van der Waals surface area contributed by atoms with Gasteiger partial charge in [0.15, 0.2) is 9.84 Å². The largest absolute Gasteiger partial charge is 0.506 e. The third-order valence-corrected chi connectivity index (χ3v) is 6.28. The lowest BCUT2D eigenvalue weighted by Crippen LogP contribution is -2.14. The van der Waals surface area contributed by atoms with Crippen LogP contribution >= 0.6 is 11.8 Å². The quantitative estimate of drug-likeness (QED) is 0.817. The van der Waals surface area contributed by atoms with Crippen molar-refractivity contribution in [2.75, 3.05) is 29.1 Å². The second-order valence-electron chi connectivity index (χ2n) is 4.69. The van der Waals surface area contributed by atoms with Crippen LogP contribution in [0, 0.1) is 5.92 Å². The molecule has 1 aromatic rings. The number of aromatic hydroxyl groups is 1. The Morgan fingerprint density at radius 1 is 1.47 bits per heavy atom. The Morgan fingerprint density at radius 3 is 2.89 bits per heavy atom. The van der Waals surface area contributed by atoms with Gasteiger partial charge in [0.1, 0.15) is 5.75 Å². The number of phenols is 1. The minimum Gasteiger partial charge on any atom is -0.506 e. The minimum atomic E-state index is -3.23. The summed E-state index contributed by atoms with van der Waals surface area (Å²) < 4.78 is 23.6. The van der Waals surface area contributed by atoms with Crippen molar-refractivity contribution in [1.82, 2.24) is 0 Å². The van der Waals surface area contributed by atoms with Crippen LogP contribution in [0.5, 0.6) is 5.75 Å². The molecule has 2 N–H and O–H groups in total. The van der Waals surface area contributed by atoms with Gasteiger partial charge < -0.3 is 10.4 Å². The molecule has 1 aliphatic heterocycles. The third-order valence-electron chi connectivity index (χ3n) is 3.31. The van der Waals surface area contributed by atoms with Crippen molar-refractivity contribution in [1.29, 1.82) is 0 Å². The average molecular weight is 301 g/mol. The molecule has 6 heteroatoms. The molecule has 0 aliphatic carbocycles. The molecular formula is C13H19NO3S2. The first kappa shape index (κ1) is 14.5. The molecule has 0 spiro atoms.